The Bertz CT molecular complexity index is 477. The lowest BCUT2D eigenvalue weighted by molar-refractivity contribution is -0.0529. The third-order valence-corrected chi connectivity index (χ3v) is 5.88. The average Bonchev–Trinajstić information content (AvgIpc) is 2.62. The number of hydrogen-bond acceptors (Lipinski definition) is 2. The van der Waals surface area contributed by atoms with E-state index in [1.165, 1.54) is 50.7 Å². The Kier molecular flexibility index (Phi) is 5.71. The van der Waals surface area contributed by atoms with Crippen LogP contribution in [0.25, 0.3) is 0 Å². The second-order valence-electron chi connectivity index (χ2n) is 7.42. The lowest BCUT2D eigenvalue weighted by Gasteiger charge is -2.40. The fourth-order valence-electron chi connectivity index (χ4n) is 4.41. The van der Waals surface area contributed by atoms with Gasteiger partial charge in [-0.1, -0.05) is 37.8 Å². The molecule has 0 aromatic heterocycles. The summed E-state index contributed by atoms with van der Waals surface area (Å²) in [5.41, 5.74) is 0.105. The van der Waals surface area contributed by atoms with Crippen LogP contribution < -0.4 is 0 Å². The van der Waals surface area contributed by atoms with Crippen molar-refractivity contribution in [2.24, 2.45) is 5.92 Å². The molecule has 2 nitrogen and oxygen atoms in total. The Hall–Kier alpha value is -0.930. The van der Waals surface area contributed by atoms with Gasteiger partial charge in [0.05, 0.1) is 5.60 Å². The molecule has 2 aliphatic rings. The Morgan fingerprint density at radius 2 is 1.57 bits per heavy atom. The van der Waals surface area contributed by atoms with E-state index in [0.717, 1.165) is 44.5 Å². The lowest BCUT2D eigenvalue weighted by atomic mass is 9.71. The van der Waals surface area contributed by atoms with E-state index in [1.807, 2.05) is 0 Å². The second kappa shape index (κ2) is 7.76. The Morgan fingerprint density at radius 1 is 0.957 bits per heavy atom. The Balaban J connectivity index is 1.75. The number of benzene rings is 1. The van der Waals surface area contributed by atoms with Crippen LogP contribution in [0.2, 0.25) is 0 Å². The first-order valence-electron chi connectivity index (χ1n) is 9.39. The fourth-order valence-corrected chi connectivity index (χ4v) is 4.41. The monoisotopic (exact) mass is 319 g/mol. The van der Waals surface area contributed by atoms with Gasteiger partial charge in [-0.05, 0) is 68.8 Å². The van der Waals surface area contributed by atoms with Crippen molar-refractivity contribution in [1.82, 2.24) is 4.90 Å². The van der Waals surface area contributed by atoms with Crippen molar-refractivity contribution in [3.05, 3.63) is 35.6 Å². The molecule has 1 aromatic rings. The molecule has 0 amide bonds. The third-order valence-electron chi connectivity index (χ3n) is 5.88. The van der Waals surface area contributed by atoms with Crippen molar-refractivity contribution >= 4 is 0 Å². The van der Waals surface area contributed by atoms with Crippen LogP contribution in [0.3, 0.4) is 0 Å². The molecule has 23 heavy (non-hydrogen) atoms. The highest BCUT2D eigenvalue weighted by Crippen LogP contribution is 2.42. The predicted molar refractivity (Wildman–Crippen MR) is 91.8 cm³/mol. The predicted octanol–water partition coefficient (Wildman–Crippen LogP) is 4.47. The summed E-state index contributed by atoms with van der Waals surface area (Å²) in [6, 6.07) is 6.56. The van der Waals surface area contributed by atoms with Crippen LogP contribution in [0.1, 0.15) is 63.4 Å². The standard InChI is InChI=1S/C20H30FNO/c21-19-11-9-18(10-12-19)20(23,17-7-3-1-4-8-17)13-16-22-14-5-2-6-15-22/h9-12,17,23H,1-8,13-16H2/t20-/m0/s1. The zero-order chi connectivity index (χ0) is 16.1. The lowest BCUT2D eigenvalue weighted by Crippen LogP contribution is -2.41. The molecule has 1 aliphatic carbocycles. The van der Waals surface area contributed by atoms with Gasteiger partial charge in [-0.3, -0.25) is 0 Å². The summed E-state index contributed by atoms with van der Waals surface area (Å²) >= 11 is 0. The topological polar surface area (TPSA) is 23.5 Å². The van der Waals surface area contributed by atoms with E-state index in [-0.39, 0.29) is 5.82 Å². The minimum absolute atomic E-state index is 0.226. The first-order valence-corrected chi connectivity index (χ1v) is 9.39. The molecule has 2 fully saturated rings. The Morgan fingerprint density at radius 3 is 2.22 bits per heavy atom. The van der Waals surface area contributed by atoms with Gasteiger partial charge < -0.3 is 10.0 Å². The van der Waals surface area contributed by atoms with Crippen molar-refractivity contribution in [2.45, 2.75) is 63.4 Å². The SMILES string of the molecule is O[C@](CCN1CCCCC1)(c1ccc(F)cc1)C1CCCCC1. The minimum atomic E-state index is -0.800. The van der Waals surface area contributed by atoms with E-state index in [1.54, 1.807) is 12.1 Å². The molecule has 0 spiro atoms. The van der Waals surface area contributed by atoms with Gasteiger partial charge >= 0.3 is 0 Å². The molecule has 1 saturated heterocycles. The molecule has 128 valence electrons. The van der Waals surface area contributed by atoms with Crippen LogP contribution in [0.15, 0.2) is 24.3 Å². The summed E-state index contributed by atoms with van der Waals surface area (Å²) in [5, 5.41) is 11.6. The number of halogens is 1. The summed E-state index contributed by atoms with van der Waals surface area (Å²) in [4.78, 5) is 2.49. The maximum atomic E-state index is 13.3. The van der Waals surface area contributed by atoms with Crippen LogP contribution >= 0.6 is 0 Å². The summed E-state index contributed by atoms with van der Waals surface area (Å²) in [5.74, 6) is 0.0854. The molecule has 1 atom stereocenters. The van der Waals surface area contributed by atoms with Gasteiger partial charge in [-0.15, -0.1) is 0 Å². The molecule has 1 aromatic carbocycles. The first kappa shape index (κ1) is 16.9. The van der Waals surface area contributed by atoms with Crippen molar-refractivity contribution in [3.63, 3.8) is 0 Å². The van der Waals surface area contributed by atoms with Gasteiger partial charge in [0, 0.05) is 6.54 Å². The van der Waals surface area contributed by atoms with Gasteiger partial charge in [-0.25, -0.2) is 4.39 Å². The molecule has 0 bridgehead atoms. The molecule has 1 N–H and O–H groups in total. The zero-order valence-electron chi connectivity index (χ0n) is 14.1. The number of rotatable bonds is 5. The maximum Gasteiger partial charge on any atom is 0.123 e. The molecule has 1 heterocycles. The molecule has 3 heteroatoms. The number of hydrogen-bond donors (Lipinski definition) is 1. The van der Waals surface area contributed by atoms with Crippen molar-refractivity contribution < 1.29 is 9.50 Å². The smallest absolute Gasteiger partial charge is 0.123 e. The highest BCUT2D eigenvalue weighted by atomic mass is 19.1. The van der Waals surface area contributed by atoms with Gasteiger partial charge in [0.15, 0.2) is 0 Å². The summed E-state index contributed by atoms with van der Waals surface area (Å²) in [6.07, 6.45) is 10.5. The molecule has 1 aliphatic heterocycles. The van der Waals surface area contributed by atoms with Crippen LogP contribution in [-0.4, -0.2) is 29.6 Å². The van der Waals surface area contributed by atoms with Crippen LogP contribution in [-0.2, 0) is 5.60 Å². The molecule has 1 saturated carbocycles. The quantitative estimate of drug-likeness (QED) is 0.865. The molecule has 0 radical (unpaired) electrons. The van der Waals surface area contributed by atoms with E-state index < -0.39 is 5.60 Å². The summed E-state index contributed by atoms with van der Waals surface area (Å²) in [6.45, 7) is 3.26. The van der Waals surface area contributed by atoms with Crippen LogP contribution in [0.4, 0.5) is 4.39 Å². The van der Waals surface area contributed by atoms with Gasteiger partial charge in [0.2, 0.25) is 0 Å². The van der Waals surface area contributed by atoms with Crippen LogP contribution in [0.5, 0.6) is 0 Å². The molecule has 0 unspecified atom stereocenters. The van der Waals surface area contributed by atoms with E-state index in [0.29, 0.717) is 5.92 Å². The van der Waals surface area contributed by atoms with Crippen molar-refractivity contribution in [1.29, 1.82) is 0 Å². The van der Waals surface area contributed by atoms with Gasteiger partial charge in [-0.2, -0.15) is 0 Å². The van der Waals surface area contributed by atoms with Crippen LogP contribution in [0, 0.1) is 11.7 Å². The average molecular weight is 319 g/mol. The second-order valence-corrected chi connectivity index (χ2v) is 7.42. The minimum Gasteiger partial charge on any atom is -0.385 e. The van der Waals surface area contributed by atoms with Gasteiger partial charge in [0.25, 0.3) is 0 Å². The van der Waals surface area contributed by atoms with E-state index in [9.17, 15) is 9.50 Å². The summed E-state index contributed by atoms with van der Waals surface area (Å²) in [7, 11) is 0. The maximum absolute atomic E-state index is 13.3. The summed E-state index contributed by atoms with van der Waals surface area (Å²) < 4.78 is 13.3. The first-order chi connectivity index (χ1) is 11.2. The van der Waals surface area contributed by atoms with E-state index in [2.05, 4.69) is 4.90 Å². The number of aliphatic hydroxyl groups is 1. The normalized spacial score (nSPS) is 23.6. The number of likely N-dealkylation sites (tertiary alicyclic amines) is 1. The third kappa shape index (κ3) is 4.13. The fraction of sp³-hybridized carbons (Fsp3) is 0.700. The number of nitrogens with zero attached hydrogens (tertiary/aromatic N) is 1. The molecule has 3 rings (SSSR count). The van der Waals surface area contributed by atoms with E-state index >= 15 is 0 Å². The highest BCUT2D eigenvalue weighted by molar-refractivity contribution is 5.24. The van der Waals surface area contributed by atoms with Crippen molar-refractivity contribution in [3.8, 4) is 0 Å². The Labute approximate surface area is 139 Å². The van der Waals surface area contributed by atoms with E-state index in [4.69, 9.17) is 0 Å². The highest BCUT2D eigenvalue weighted by Gasteiger charge is 2.39. The van der Waals surface area contributed by atoms with Gasteiger partial charge in [0.1, 0.15) is 5.82 Å². The largest absolute Gasteiger partial charge is 0.385 e. The zero-order valence-corrected chi connectivity index (χ0v) is 14.1. The molecular formula is C20H30FNO. The number of piperidine rings is 1. The van der Waals surface area contributed by atoms with Crippen molar-refractivity contribution in [2.75, 3.05) is 19.6 Å². The molecular weight excluding hydrogens is 289 g/mol.